The van der Waals surface area contributed by atoms with Gasteiger partial charge in [0.15, 0.2) is 17.4 Å². The number of hydrogen-bond acceptors (Lipinski definition) is 3. The number of phenols is 1. The first-order chi connectivity index (χ1) is 11.0. The summed E-state index contributed by atoms with van der Waals surface area (Å²) < 4.78 is 71.3. The van der Waals surface area contributed by atoms with E-state index in [0.29, 0.717) is 0 Å². The smallest absolute Gasteiger partial charge is 0.310 e. The van der Waals surface area contributed by atoms with Gasteiger partial charge in [-0.25, -0.2) is 13.2 Å². The Kier molecular flexibility index (Phi) is 4.61. The largest absolute Gasteiger partial charge is 0.503 e. The molecule has 0 aromatic heterocycles. The van der Waals surface area contributed by atoms with Crippen molar-refractivity contribution in [2.24, 2.45) is 17.3 Å². The van der Waals surface area contributed by atoms with Gasteiger partial charge in [0.05, 0.1) is 17.3 Å². The van der Waals surface area contributed by atoms with E-state index in [2.05, 4.69) is 0 Å². The van der Waals surface area contributed by atoms with Crippen LogP contribution in [-0.2, 0) is 16.1 Å². The molecule has 24 heavy (non-hydrogen) atoms. The standard InChI is InChI=1S/C16H15F5O3/c1-6(17)4-8-9(16(8,2)3)15(23)24-5-7-10(18)12(20)14(22)13(21)11(7)19/h4,8-9,22H,5H2,1-3H3/b6-4-/t8-,9+/m1/s1. The maximum Gasteiger partial charge on any atom is 0.310 e. The predicted molar refractivity (Wildman–Crippen MR) is 73.4 cm³/mol. The highest BCUT2D eigenvalue weighted by atomic mass is 19.2. The summed E-state index contributed by atoms with van der Waals surface area (Å²) >= 11 is 0. The van der Waals surface area contributed by atoms with Crippen molar-refractivity contribution in [3.8, 4) is 5.75 Å². The number of hydrogen-bond donors (Lipinski definition) is 1. The first-order valence-electron chi connectivity index (χ1n) is 7.04. The molecule has 0 bridgehead atoms. The van der Waals surface area contributed by atoms with Gasteiger partial charge in [0.25, 0.3) is 0 Å². The Bertz CT molecular complexity index is 694. The van der Waals surface area contributed by atoms with Gasteiger partial charge in [-0.1, -0.05) is 13.8 Å². The molecule has 1 aromatic rings. The van der Waals surface area contributed by atoms with E-state index in [0.717, 1.165) is 0 Å². The number of benzene rings is 1. The van der Waals surface area contributed by atoms with Gasteiger partial charge >= 0.3 is 5.97 Å². The number of allylic oxidation sites excluding steroid dienone is 2. The van der Waals surface area contributed by atoms with Crippen molar-refractivity contribution in [3.05, 3.63) is 40.7 Å². The van der Waals surface area contributed by atoms with Gasteiger partial charge in [-0.05, 0) is 24.3 Å². The van der Waals surface area contributed by atoms with Gasteiger partial charge in [0, 0.05) is 0 Å². The second-order valence-electron chi connectivity index (χ2n) is 6.27. The highest BCUT2D eigenvalue weighted by Gasteiger charge is 2.61. The number of rotatable bonds is 4. The van der Waals surface area contributed by atoms with Gasteiger partial charge in [-0.2, -0.15) is 8.78 Å². The van der Waals surface area contributed by atoms with Crippen molar-refractivity contribution in [1.29, 1.82) is 0 Å². The van der Waals surface area contributed by atoms with Crippen LogP contribution in [0.15, 0.2) is 11.9 Å². The van der Waals surface area contributed by atoms with E-state index in [-0.39, 0.29) is 0 Å². The van der Waals surface area contributed by atoms with Crippen molar-refractivity contribution in [1.82, 2.24) is 0 Å². The normalized spacial score (nSPS) is 22.4. The summed E-state index contributed by atoms with van der Waals surface area (Å²) in [7, 11) is 0. The van der Waals surface area contributed by atoms with Crippen LogP contribution in [-0.4, -0.2) is 11.1 Å². The summed E-state index contributed by atoms with van der Waals surface area (Å²) in [6.45, 7) is 3.53. The third-order valence-corrected chi connectivity index (χ3v) is 4.26. The summed E-state index contributed by atoms with van der Waals surface area (Å²) in [4.78, 5) is 12.0. The van der Waals surface area contributed by atoms with Gasteiger partial charge < -0.3 is 9.84 Å². The molecule has 2 atom stereocenters. The minimum atomic E-state index is -1.97. The summed E-state index contributed by atoms with van der Waals surface area (Å²) in [5.74, 6) is -11.9. The molecule has 0 aliphatic heterocycles. The number of ether oxygens (including phenoxy) is 1. The van der Waals surface area contributed by atoms with Crippen LogP contribution >= 0.6 is 0 Å². The first kappa shape index (κ1) is 18.2. The van der Waals surface area contributed by atoms with E-state index in [1.54, 1.807) is 13.8 Å². The molecule has 0 heterocycles. The van der Waals surface area contributed by atoms with Crippen molar-refractivity contribution < 1.29 is 36.6 Å². The van der Waals surface area contributed by atoms with Crippen LogP contribution in [0, 0.1) is 40.5 Å². The molecule has 132 valence electrons. The van der Waals surface area contributed by atoms with Crippen LogP contribution in [0.4, 0.5) is 22.0 Å². The molecule has 1 fully saturated rings. The third-order valence-electron chi connectivity index (χ3n) is 4.26. The average molecular weight is 350 g/mol. The number of carbonyl (C=O) groups excluding carboxylic acids is 1. The third kappa shape index (κ3) is 2.97. The molecular weight excluding hydrogens is 335 g/mol. The summed E-state index contributed by atoms with van der Waals surface area (Å²) in [6, 6.07) is 0. The lowest BCUT2D eigenvalue weighted by Crippen LogP contribution is -2.13. The fraction of sp³-hybridized carbons (Fsp3) is 0.438. The Balaban J connectivity index is 2.16. The maximum absolute atomic E-state index is 13.6. The Morgan fingerprint density at radius 1 is 1.17 bits per heavy atom. The van der Waals surface area contributed by atoms with Crippen LogP contribution in [0.1, 0.15) is 26.3 Å². The second kappa shape index (κ2) is 6.07. The van der Waals surface area contributed by atoms with Crippen LogP contribution in [0.2, 0.25) is 0 Å². The molecule has 0 saturated heterocycles. The van der Waals surface area contributed by atoms with Gasteiger partial charge in [0.1, 0.15) is 6.61 Å². The minimum Gasteiger partial charge on any atom is -0.503 e. The summed E-state index contributed by atoms with van der Waals surface area (Å²) in [5, 5.41) is 8.88. The van der Waals surface area contributed by atoms with Crippen LogP contribution in [0.5, 0.6) is 5.75 Å². The van der Waals surface area contributed by atoms with Gasteiger partial charge in [-0.15, -0.1) is 0 Å². The first-order valence-corrected chi connectivity index (χ1v) is 7.04. The quantitative estimate of drug-likeness (QED) is 0.504. The van der Waals surface area contributed by atoms with E-state index >= 15 is 0 Å². The van der Waals surface area contributed by atoms with E-state index in [9.17, 15) is 26.7 Å². The maximum atomic E-state index is 13.6. The highest BCUT2D eigenvalue weighted by molar-refractivity contribution is 5.78. The molecule has 1 saturated carbocycles. The molecule has 2 rings (SSSR count). The van der Waals surface area contributed by atoms with Gasteiger partial charge in [-0.3, -0.25) is 4.79 Å². The van der Waals surface area contributed by atoms with Crippen molar-refractivity contribution >= 4 is 5.97 Å². The molecular formula is C16H15F5O3. The fourth-order valence-electron chi connectivity index (χ4n) is 2.71. The number of halogens is 5. The zero-order valence-corrected chi connectivity index (χ0v) is 13.1. The average Bonchev–Trinajstić information content (AvgIpc) is 3.02. The zero-order valence-electron chi connectivity index (χ0n) is 13.1. The molecule has 0 spiro atoms. The minimum absolute atomic E-state index is 0.446. The molecule has 1 N–H and O–H groups in total. The Labute approximate surface area is 134 Å². The molecule has 8 heteroatoms. The van der Waals surface area contributed by atoms with Crippen LogP contribution in [0.25, 0.3) is 0 Å². The van der Waals surface area contributed by atoms with Crippen LogP contribution in [0.3, 0.4) is 0 Å². The van der Waals surface area contributed by atoms with Gasteiger partial charge in [0.2, 0.25) is 11.6 Å². The molecule has 1 aliphatic carbocycles. The van der Waals surface area contributed by atoms with Crippen molar-refractivity contribution in [3.63, 3.8) is 0 Å². The Morgan fingerprint density at radius 3 is 2.12 bits per heavy atom. The lowest BCUT2D eigenvalue weighted by Gasteiger charge is -2.10. The van der Waals surface area contributed by atoms with E-state index in [1.165, 1.54) is 13.0 Å². The number of phenolic OH excluding ortho intramolecular Hbond substituents is 1. The Hall–Kier alpha value is -2.12. The lowest BCUT2D eigenvalue weighted by molar-refractivity contribution is -0.147. The lowest BCUT2D eigenvalue weighted by atomic mass is 10.1. The summed E-state index contributed by atoms with van der Waals surface area (Å²) in [6.07, 6.45) is 1.24. The molecule has 1 aromatic carbocycles. The molecule has 0 amide bonds. The van der Waals surface area contributed by atoms with Crippen molar-refractivity contribution in [2.45, 2.75) is 27.4 Å². The van der Waals surface area contributed by atoms with E-state index < -0.39 is 70.2 Å². The molecule has 0 unspecified atom stereocenters. The Morgan fingerprint density at radius 2 is 1.67 bits per heavy atom. The molecule has 3 nitrogen and oxygen atoms in total. The molecule has 0 radical (unpaired) electrons. The zero-order chi connectivity index (χ0) is 18.4. The molecule has 1 aliphatic rings. The monoisotopic (exact) mass is 350 g/mol. The predicted octanol–water partition coefficient (Wildman–Crippen LogP) is 4.14. The van der Waals surface area contributed by atoms with E-state index in [4.69, 9.17) is 9.84 Å². The highest BCUT2D eigenvalue weighted by Crippen LogP contribution is 2.60. The fourth-order valence-corrected chi connectivity index (χ4v) is 2.71. The van der Waals surface area contributed by atoms with Crippen LogP contribution < -0.4 is 0 Å². The number of aromatic hydroxyl groups is 1. The van der Waals surface area contributed by atoms with E-state index in [1.807, 2.05) is 0 Å². The van der Waals surface area contributed by atoms with Crippen molar-refractivity contribution in [2.75, 3.05) is 0 Å². The SMILES string of the molecule is C/C(F)=C/[C@@H]1[C@@H](C(=O)OCc2c(F)c(F)c(O)c(F)c2F)C1(C)C. The number of carbonyl (C=O) groups is 1. The number of esters is 1. The second-order valence-corrected chi connectivity index (χ2v) is 6.27. The topological polar surface area (TPSA) is 46.5 Å². The summed E-state index contributed by atoms with van der Waals surface area (Å²) in [5.41, 5.74) is -1.75.